The summed E-state index contributed by atoms with van der Waals surface area (Å²) in [5, 5.41) is 5.89. The summed E-state index contributed by atoms with van der Waals surface area (Å²) in [6.45, 7) is 4.07. The molecule has 2 aromatic rings. The minimum absolute atomic E-state index is 0.0216. The molecular weight excluding hydrogens is 392 g/mol. The Morgan fingerprint density at radius 3 is 2.60 bits per heavy atom. The van der Waals surface area contributed by atoms with E-state index in [-0.39, 0.29) is 18.0 Å². The summed E-state index contributed by atoms with van der Waals surface area (Å²) in [7, 11) is 0. The fourth-order valence-electron chi connectivity index (χ4n) is 3.95. The molecule has 1 saturated heterocycles. The zero-order chi connectivity index (χ0) is 21.1. The van der Waals surface area contributed by atoms with E-state index in [2.05, 4.69) is 10.0 Å². The van der Waals surface area contributed by atoms with Crippen LogP contribution in [0.2, 0.25) is 0 Å². The molecule has 0 N–H and O–H groups in total. The number of esters is 1. The Morgan fingerprint density at radius 1 is 1.17 bits per heavy atom. The van der Waals surface area contributed by atoms with Gasteiger partial charge >= 0.3 is 5.97 Å². The second-order valence-electron chi connectivity index (χ2n) is 7.10. The number of hydrogen-bond acceptors (Lipinski definition) is 6. The molecule has 0 amide bonds. The van der Waals surface area contributed by atoms with Crippen molar-refractivity contribution in [1.82, 2.24) is 4.90 Å². The molecule has 0 unspecified atom stereocenters. The van der Waals surface area contributed by atoms with Crippen LogP contribution < -0.4 is 5.01 Å². The van der Waals surface area contributed by atoms with Gasteiger partial charge in [-0.15, -0.1) is 0 Å². The first kappa shape index (κ1) is 20.4. The molecule has 0 aliphatic carbocycles. The predicted molar refractivity (Wildman–Crippen MR) is 108 cm³/mol. The monoisotopic (exact) mass is 415 g/mol. The average Bonchev–Trinajstić information content (AvgIpc) is 3.17. The van der Waals surface area contributed by atoms with E-state index < -0.39 is 29.7 Å². The third kappa shape index (κ3) is 3.93. The third-order valence-corrected chi connectivity index (χ3v) is 5.28. The van der Waals surface area contributed by atoms with Crippen LogP contribution in [-0.4, -0.2) is 55.7 Å². The van der Waals surface area contributed by atoms with Crippen LogP contribution in [0, 0.1) is 11.6 Å². The van der Waals surface area contributed by atoms with E-state index in [1.54, 1.807) is 6.92 Å². The number of carbonyl (C=O) groups is 1. The molecule has 158 valence electrons. The minimum Gasteiger partial charge on any atom is -0.461 e. The molecule has 30 heavy (non-hydrogen) atoms. The van der Waals surface area contributed by atoms with Gasteiger partial charge in [0.2, 0.25) is 0 Å². The number of anilines is 1. The van der Waals surface area contributed by atoms with Crippen LogP contribution in [0.25, 0.3) is 0 Å². The maximum atomic E-state index is 14.7. The van der Waals surface area contributed by atoms with E-state index in [4.69, 9.17) is 9.47 Å². The second-order valence-corrected chi connectivity index (χ2v) is 7.10. The van der Waals surface area contributed by atoms with E-state index in [9.17, 15) is 13.6 Å². The number of hydrogen-bond donors (Lipinski definition) is 0. The van der Waals surface area contributed by atoms with Gasteiger partial charge in [-0.3, -0.25) is 4.90 Å². The molecule has 8 heteroatoms. The Bertz CT molecular complexity index is 932. The molecule has 0 aromatic heterocycles. The van der Waals surface area contributed by atoms with Crippen molar-refractivity contribution < 1.29 is 23.0 Å². The minimum atomic E-state index is -0.615. The Balaban J connectivity index is 1.85. The lowest BCUT2D eigenvalue weighted by Gasteiger charge is -2.39. The predicted octanol–water partition coefficient (Wildman–Crippen LogP) is 3.15. The lowest BCUT2D eigenvalue weighted by atomic mass is 9.90. The smallest absolute Gasteiger partial charge is 0.355 e. The Kier molecular flexibility index (Phi) is 6.06. The van der Waals surface area contributed by atoms with Crippen molar-refractivity contribution in [3.8, 4) is 0 Å². The van der Waals surface area contributed by atoms with Gasteiger partial charge in [0, 0.05) is 19.2 Å². The fourth-order valence-corrected chi connectivity index (χ4v) is 3.95. The molecule has 0 saturated carbocycles. The highest BCUT2D eigenvalue weighted by Gasteiger charge is 2.46. The summed E-state index contributed by atoms with van der Waals surface area (Å²) in [6.07, 6.45) is -0.521. The first-order valence-electron chi connectivity index (χ1n) is 9.96. The van der Waals surface area contributed by atoms with E-state index in [1.165, 1.54) is 5.01 Å². The fraction of sp³-hybridized carbons (Fsp3) is 0.364. The lowest BCUT2D eigenvalue weighted by molar-refractivity contribution is -0.135. The quantitative estimate of drug-likeness (QED) is 0.703. The van der Waals surface area contributed by atoms with Crippen molar-refractivity contribution in [2.75, 3.05) is 37.9 Å². The van der Waals surface area contributed by atoms with Gasteiger partial charge in [0.25, 0.3) is 0 Å². The Labute approximate surface area is 173 Å². The largest absolute Gasteiger partial charge is 0.461 e. The van der Waals surface area contributed by atoms with Crippen LogP contribution in [0.15, 0.2) is 53.6 Å². The van der Waals surface area contributed by atoms with Gasteiger partial charge in [-0.05, 0) is 24.6 Å². The number of benzene rings is 2. The number of hydrazone groups is 1. The van der Waals surface area contributed by atoms with Crippen LogP contribution in [0.1, 0.15) is 18.4 Å². The van der Waals surface area contributed by atoms with Crippen molar-refractivity contribution in [2.24, 2.45) is 5.10 Å². The molecule has 2 heterocycles. The van der Waals surface area contributed by atoms with Gasteiger partial charge in [-0.25, -0.2) is 18.6 Å². The first-order valence-corrected chi connectivity index (χ1v) is 9.96. The van der Waals surface area contributed by atoms with E-state index in [0.717, 1.165) is 23.8 Å². The molecule has 6 nitrogen and oxygen atoms in total. The van der Waals surface area contributed by atoms with Crippen LogP contribution in [0.5, 0.6) is 0 Å². The standard InChI is InChI=1S/C22H23F2N3O3/c1-2-30-22(28)20-19(15-6-4-3-5-7-15)21(26-10-12-29-13-11-26)27(25-20)18-14-16(23)8-9-17(18)24/h3-9,14,19,21H,2,10-13H2,1H3/t19-,21-/m0/s1. The van der Waals surface area contributed by atoms with Crippen molar-refractivity contribution >= 4 is 17.4 Å². The van der Waals surface area contributed by atoms with Crippen LogP contribution in [0.4, 0.5) is 14.5 Å². The normalized spacial score (nSPS) is 22.1. The van der Waals surface area contributed by atoms with Gasteiger partial charge in [0.05, 0.1) is 31.4 Å². The highest BCUT2D eigenvalue weighted by molar-refractivity contribution is 6.39. The average molecular weight is 415 g/mol. The molecule has 2 aliphatic heterocycles. The van der Waals surface area contributed by atoms with Crippen LogP contribution in [0.3, 0.4) is 0 Å². The second kappa shape index (κ2) is 8.89. The number of halogens is 2. The molecule has 4 rings (SSSR count). The third-order valence-electron chi connectivity index (χ3n) is 5.28. The molecule has 2 aliphatic rings. The molecule has 2 aromatic carbocycles. The zero-order valence-corrected chi connectivity index (χ0v) is 16.6. The molecule has 1 fully saturated rings. The summed E-state index contributed by atoms with van der Waals surface area (Å²) >= 11 is 0. The van der Waals surface area contributed by atoms with Crippen molar-refractivity contribution in [3.05, 3.63) is 65.7 Å². The zero-order valence-electron chi connectivity index (χ0n) is 16.6. The Morgan fingerprint density at radius 2 is 1.90 bits per heavy atom. The van der Waals surface area contributed by atoms with E-state index in [0.29, 0.717) is 26.3 Å². The SMILES string of the molecule is CCOC(=O)C1=NN(c2cc(F)ccc2F)[C@H](N2CCOCC2)[C@H]1c1ccccc1. The molecular formula is C22H23F2N3O3. The summed E-state index contributed by atoms with van der Waals surface area (Å²) in [5.74, 6) is -2.26. The Hall–Kier alpha value is -2.84. The first-order chi connectivity index (χ1) is 14.6. The maximum Gasteiger partial charge on any atom is 0.355 e. The number of rotatable bonds is 5. The van der Waals surface area contributed by atoms with Crippen molar-refractivity contribution in [1.29, 1.82) is 0 Å². The highest BCUT2D eigenvalue weighted by Crippen LogP contribution is 2.38. The summed E-state index contributed by atoms with van der Waals surface area (Å²) < 4.78 is 39.4. The molecule has 0 radical (unpaired) electrons. The van der Waals surface area contributed by atoms with E-state index >= 15 is 0 Å². The number of morpholine rings is 1. The highest BCUT2D eigenvalue weighted by atomic mass is 19.1. The van der Waals surface area contributed by atoms with Crippen molar-refractivity contribution in [3.63, 3.8) is 0 Å². The molecule has 0 spiro atoms. The molecule has 0 bridgehead atoms. The topological polar surface area (TPSA) is 54.4 Å². The summed E-state index contributed by atoms with van der Waals surface area (Å²) in [5.41, 5.74) is 0.995. The lowest BCUT2D eigenvalue weighted by Crippen LogP contribution is -2.52. The summed E-state index contributed by atoms with van der Waals surface area (Å²) in [6, 6.07) is 12.7. The number of ether oxygens (including phenoxy) is 2. The van der Waals surface area contributed by atoms with Crippen LogP contribution >= 0.6 is 0 Å². The van der Waals surface area contributed by atoms with Gasteiger partial charge in [-0.2, -0.15) is 5.10 Å². The molecule has 2 atom stereocenters. The van der Waals surface area contributed by atoms with Gasteiger partial charge in [0.15, 0.2) is 5.71 Å². The van der Waals surface area contributed by atoms with Crippen LogP contribution in [-0.2, 0) is 14.3 Å². The van der Waals surface area contributed by atoms with E-state index in [1.807, 2.05) is 30.3 Å². The summed E-state index contributed by atoms with van der Waals surface area (Å²) in [4.78, 5) is 14.9. The van der Waals surface area contributed by atoms with Gasteiger partial charge < -0.3 is 9.47 Å². The number of nitrogens with zero attached hydrogens (tertiary/aromatic N) is 3. The van der Waals surface area contributed by atoms with Gasteiger partial charge in [-0.1, -0.05) is 30.3 Å². The van der Waals surface area contributed by atoms with Crippen molar-refractivity contribution in [2.45, 2.75) is 19.0 Å². The maximum absolute atomic E-state index is 14.7. The van der Waals surface area contributed by atoms with Gasteiger partial charge in [0.1, 0.15) is 17.8 Å². The number of carbonyl (C=O) groups excluding carboxylic acids is 1.